The predicted octanol–water partition coefficient (Wildman–Crippen LogP) is 3.19. The van der Waals surface area contributed by atoms with E-state index in [2.05, 4.69) is 71.5 Å². The molecule has 0 spiro atoms. The Hall–Kier alpha value is 0.912. The van der Waals surface area contributed by atoms with Gasteiger partial charge >= 0.3 is 113 Å². The fourth-order valence-corrected chi connectivity index (χ4v) is 21.2. The Kier molecular flexibility index (Phi) is 6.54. The molecule has 0 atom stereocenters. The van der Waals surface area contributed by atoms with Crippen molar-refractivity contribution in [3.05, 3.63) is 12.7 Å². The number of hydrogen-bond donors (Lipinski definition) is 0. The molecule has 0 aromatic rings. The summed E-state index contributed by atoms with van der Waals surface area (Å²) in [7, 11) is 2.40. The van der Waals surface area contributed by atoms with Gasteiger partial charge in [-0.2, -0.15) is 0 Å². The first kappa shape index (κ1) is 16.9. The van der Waals surface area contributed by atoms with Gasteiger partial charge in [-0.05, 0) is 0 Å². The molecule has 0 radical (unpaired) electrons. The predicted molar refractivity (Wildman–Crippen MR) is 83.0 cm³/mol. The Morgan fingerprint density at radius 2 is 1.25 bits per heavy atom. The van der Waals surface area contributed by atoms with Gasteiger partial charge in [0.05, 0.1) is 0 Å². The number of allylic oxidation sites excluding steroid dienone is 1. The van der Waals surface area contributed by atoms with Crippen molar-refractivity contribution >= 4 is 37.2 Å². The molecule has 0 aromatic heterocycles. The number of nitrogens with zero attached hydrogens (tertiary/aromatic N) is 2. The van der Waals surface area contributed by atoms with E-state index in [0.29, 0.717) is 0 Å². The summed E-state index contributed by atoms with van der Waals surface area (Å²) in [5.74, 6) is 0. The Bertz CT molecular complexity index is 213. The molecule has 16 heavy (non-hydrogen) atoms. The molecule has 0 aliphatic rings. The topological polar surface area (TPSA) is 6.48 Å². The van der Waals surface area contributed by atoms with Gasteiger partial charge in [-0.15, -0.1) is 0 Å². The summed E-state index contributed by atoms with van der Waals surface area (Å²) in [6.45, 7) is 18.7. The third-order valence-electron chi connectivity index (χ3n) is 2.93. The van der Waals surface area contributed by atoms with E-state index in [9.17, 15) is 0 Å². The molecule has 0 N–H and O–H groups in total. The van der Waals surface area contributed by atoms with Crippen molar-refractivity contribution in [1.82, 2.24) is 5.45 Å². The van der Waals surface area contributed by atoms with Crippen LogP contribution in [0.25, 0.3) is 0 Å². The number of rotatable bonds is 6. The van der Waals surface area contributed by atoms with Gasteiger partial charge in [-0.3, -0.25) is 0 Å². The van der Waals surface area contributed by atoms with Crippen LogP contribution in [0, 0.1) is 0 Å². The molecule has 0 heterocycles. The molecule has 0 saturated carbocycles. The second-order valence-corrected chi connectivity index (χ2v) is 25.1. The average Bonchev–Trinajstić information content (AvgIpc) is 2.09. The molecule has 0 fully saturated rings. The van der Waals surface area contributed by atoms with Crippen molar-refractivity contribution < 1.29 is 0 Å². The summed E-state index contributed by atoms with van der Waals surface area (Å²) in [6.07, 6.45) is 2.13. The van der Waals surface area contributed by atoms with Crippen LogP contribution in [0.15, 0.2) is 12.7 Å². The van der Waals surface area contributed by atoms with Crippen molar-refractivity contribution in [2.75, 3.05) is 14.1 Å². The first-order valence-corrected chi connectivity index (χ1v) is 16.9. The molecule has 0 unspecified atom stereocenters. The number of hydrogen-bond acceptors (Lipinski definition) is 2. The average molecular weight is 367 g/mol. The van der Waals surface area contributed by atoms with Crippen LogP contribution in [0.1, 0.15) is 0 Å². The molecular weight excluding hydrogens is 338 g/mol. The zero-order chi connectivity index (χ0) is 13.1. The first-order chi connectivity index (χ1) is 7.01. The third-order valence-corrected chi connectivity index (χ3v) is 25.8. The summed E-state index contributed by atoms with van der Waals surface area (Å²) < 4.78 is 6.79. The van der Waals surface area contributed by atoms with Crippen LogP contribution in [0.4, 0.5) is 0 Å². The Labute approximate surface area is 113 Å². The van der Waals surface area contributed by atoms with E-state index in [1.165, 1.54) is 4.37 Å². The molecule has 2 nitrogen and oxygen atoms in total. The van der Waals surface area contributed by atoms with Gasteiger partial charge < -0.3 is 0 Å². The fraction of sp³-hybridized carbons (Fsp3) is 0.818. The third kappa shape index (κ3) is 5.05. The summed E-state index contributed by atoms with van der Waals surface area (Å²) in [4.78, 5) is 0. The molecule has 0 bridgehead atoms. The van der Waals surface area contributed by atoms with E-state index in [1.54, 1.807) is 0 Å². The molecule has 0 saturated heterocycles. The van der Waals surface area contributed by atoms with Crippen LogP contribution in [-0.4, -0.2) is 56.8 Å². The van der Waals surface area contributed by atoms with Gasteiger partial charge in [0.2, 0.25) is 0 Å². The normalized spacial score (nSPS) is 13.9. The van der Waals surface area contributed by atoms with E-state index >= 15 is 0 Å². The van der Waals surface area contributed by atoms with Crippen LogP contribution in [0.5, 0.6) is 0 Å². The SMILES string of the molecule is C=C[CH2][Sb]([N](C)[Si](C)(C)C)[N](C)[Si](C)(C)C. The second-order valence-electron chi connectivity index (χ2n) is 6.23. The van der Waals surface area contributed by atoms with Crippen LogP contribution in [0.3, 0.4) is 0 Å². The maximum atomic E-state index is 3.95. The van der Waals surface area contributed by atoms with E-state index in [4.69, 9.17) is 0 Å². The van der Waals surface area contributed by atoms with Gasteiger partial charge in [0.1, 0.15) is 0 Å². The van der Waals surface area contributed by atoms with Crippen molar-refractivity contribution in [3.8, 4) is 0 Å². The molecule has 0 aliphatic carbocycles. The molecular formula is C11H29N2SbSi2. The maximum absolute atomic E-state index is 3.95. The zero-order valence-corrected chi connectivity index (χ0v) is 16.9. The summed E-state index contributed by atoms with van der Waals surface area (Å²) >= 11 is -1.49. The van der Waals surface area contributed by atoms with Gasteiger partial charge in [-0.1, -0.05) is 0 Å². The summed E-state index contributed by atoms with van der Waals surface area (Å²) in [6, 6.07) is 0. The van der Waals surface area contributed by atoms with E-state index in [0.717, 1.165) is 0 Å². The minimum absolute atomic E-state index is 1.15. The zero-order valence-electron chi connectivity index (χ0n) is 12.3. The van der Waals surface area contributed by atoms with Crippen molar-refractivity contribution in [2.45, 2.75) is 43.6 Å². The molecule has 5 heteroatoms. The molecule has 0 amide bonds. The minimum atomic E-state index is -1.49. The molecule has 0 rings (SSSR count). The van der Waals surface area contributed by atoms with Crippen molar-refractivity contribution in [3.63, 3.8) is 0 Å². The van der Waals surface area contributed by atoms with Gasteiger partial charge in [0, 0.05) is 0 Å². The van der Waals surface area contributed by atoms with Gasteiger partial charge in [0.25, 0.3) is 0 Å². The van der Waals surface area contributed by atoms with Crippen LogP contribution >= 0.6 is 0 Å². The fourth-order valence-electron chi connectivity index (χ4n) is 1.25. The summed E-state index contributed by atoms with van der Waals surface area (Å²) in [5.41, 5.74) is 0. The van der Waals surface area contributed by atoms with Crippen LogP contribution < -0.4 is 0 Å². The van der Waals surface area contributed by atoms with Crippen LogP contribution in [-0.2, 0) is 0 Å². The Morgan fingerprint density at radius 1 is 0.938 bits per heavy atom. The van der Waals surface area contributed by atoms with Gasteiger partial charge in [0.15, 0.2) is 0 Å². The Morgan fingerprint density at radius 3 is 1.44 bits per heavy atom. The first-order valence-electron chi connectivity index (χ1n) is 5.87. The van der Waals surface area contributed by atoms with Crippen molar-refractivity contribution in [1.29, 1.82) is 0 Å². The van der Waals surface area contributed by atoms with Gasteiger partial charge in [-0.25, -0.2) is 0 Å². The standard InChI is InChI=1S/2C4H12NSi.C3H5.Sb/c2*1-5-6(2,3)4;1-3-2;/h2*1-4H3;3H,1-2H2;/q2*-1;;+2. The Balaban J connectivity index is 4.94. The van der Waals surface area contributed by atoms with Crippen molar-refractivity contribution in [2.24, 2.45) is 0 Å². The quantitative estimate of drug-likeness (QED) is 0.526. The molecule has 96 valence electrons. The molecule has 0 aliphatic heterocycles. The summed E-state index contributed by atoms with van der Waals surface area (Å²) in [5, 5.41) is 0. The second kappa shape index (κ2) is 6.19. The molecule has 0 aromatic carbocycles. The van der Waals surface area contributed by atoms with E-state index < -0.39 is 37.2 Å². The van der Waals surface area contributed by atoms with E-state index in [-0.39, 0.29) is 0 Å². The van der Waals surface area contributed by atoms with Crippen LogP contribution in [0.2, 0.25) is 43.6 Å². The monoisotopic (exact) mass is 366 g/mol. The van der Waals surface area contributed by atoms with E-state index in [1.807, 2.05) is 0 Å².